The van der Waals surface area contributed by atoms with E-state index in [1.54, 1.807) is 6.20 Å². The van der Waals surface area contributed by atoms with E-state index >= 15 is 0 Å². The molecule has 7 heteroatoms. The Morgan fingerprint density at radius 3 is 2.57 bits per heavy atom. The molecule has 0 bridgehead atoms. The lowest BCUT2D eigenvalue weighted by Gasteiger charge is -2.35. The Kier molecular flexibility index (Phi) is 5.36. The Morgan fingerprint density at radius 2 is 1.82 bits per heavy atom. The maximum atomic E-state index is 13.0. The number of piperazine rings is 1. The summed E-state index contributed by atoms with van der Waals surface area (Å²) in [5.74, 6) is -0.126. The number of aromatic nitrogens is 2. The van der Waals surface area contributed by atoms with Crippen molar-refractivity contribution in [2.24, 2.45) is 0 Å². The number of hydrogen-bond acceptors (Lipinski definition) is 6. The molecule has 0 atom stereocenters. The zero-order valence-corrected chi connectivity index (χ0v) is 16.9. The molecule has 1 N–H and O–H groups in total. The molecule has 2 aromatic heterocycles. The molecular weight excluding hydrogens is 370 g/mol. The van der Waals surface area contributed by atoms with E-state index in [2.05, 4.69) is 38.2 Å². The van der Waals surface area contributed by atoms with Crippen molar-refractivity contribution < 1.29 is 4.79 Å². The number of nitrogens with zero attached hydrogens (tertiary/aromatic N) is 4. The van der Waals surface area contributed by atoms with E-state index < -0.39 is 0 Å². The van der Waals surface area contributed by atoms with Gasteiger partial charge in [-0.25, -0.2) is 4.98 Å². The van der Waals surface area contributed by atoms with Crippen LogP contribution in [0.25, 0.3) is 10.7 Å². The van der Waals surface area contributed by atoms with Crippen LogP contribution in [0.4, 0.5) is 11.4 Å². The summed E-state index contributed by atoms with van der Waals surface area (Å²) in [4.78, 5) is 27.1. The second kappa shape index (κ2) is 8.08. The second-order valence-electron chi connectivity index (χ2n) is 6.91. The van der Waals surface area contributed by atoms with Gasteiger partial charge in [0, 0.05) is 32.4 Å². The first-order valence-corrected chi connectivity index (χ1v) is 10.2. The zero-order chi connectivity index (χ0) is 19.5. The molecule has 1 aliphatic heterocycles. The third kappa shape index (κ3) is 3.90. The molecule has 0 spiro atoms. The highest BCUT2D eigenvalue weighted by Gasteiger charge is 2.20. The van der Waals surface area contributed by atoms with Crippen LogP contribution in [-0.4, -0.2) is 54.0 Å². The van der Waals surface area contributed by atoms with Crippen LogP contribution in [-0.2, 0) is 0 Å². The van der Waals surface area contributed by atoms with Crippen LogP contribution in [0.5, 0.6) is 0 Å². The van der Waals surface area contributed by atoms with Crippen molar-refractivity contribution in [3.8, 4) is 10.7 Å². The van der Waals surface area contributed by atoms with Crippen LogP contribution in [0.3, 0.4) is 0 Å². The van der Waals surface area contributed by atoms with Crippen molar-refractivity contribution in [3.05, 3.63) is 59.2 Å². The normalized spacial score (nSPS) is 14.9. The van der Waals surface area contributed by atoms with Crippen molar-refractivity contribution in [1.29, 1.82) is 0 Å². The molecule has 1 aliphatic rings. The van der Waals surface area contributed by atoms with Gasteiger partial charge >= 0.3 is 0 Å². The molecular formula is C21H23N5OS. The number of aryl methyl sites for hydroxylation is 1. The minimum absolute atomic E-state index is 0.126. The van der Waals surface area contributed by atoms with Crippen molar-refractivity contribution in [2.45, 2.75) is 6.92 Å². The van der Waals surface area contributed by atoms with Crippen molar-refractivity contribution >= 4 is 28.6 Å². The Hall–Kier alpha value is -2.77. The molecule has 0 radical (unpaired) electrons. The number of likely N-dealkylation sites (N-methyl/N-ethyl adjacent to an activating group) is 1. The fraction of sp³-hybridized carbons (Fsp3) is 0.286. The Labute approximate surface area is 168 Å². The molecule has 3 aromatic rings. The summed E-state index contributed by atoms with van der Waals surface area (Å²) in [5, 5.41) is 3.86. The van der Waals surface area contributed by atoms with Crippen LogP contribution >= 0.6 is 11.3 Å². The Morgan fingerprint density at radius 1 is 1.07 bits per heavy atom. The lowest BCUT2D eigenvalue weighted by Crippen LogP contribution is -2.44. The highest BCUT2D eigenvalue weighted by Crippen LogP contribution is 2.30. The smallest absolute Gasteiger partial charge is 0.267 e. The van der Waals surface area contributed by atoms with Crippen molar-refractivity contribution in [2.75, 3.05) is 43.4 Å². The van der Waals surface area contributed by atoms with Crippen LogP contribution in [0, 0.1) is 6.92 Å². The molecule has 0 aliphatic carbocycles. The maximum absolute atomic E-state index is 13.0. The first-order valence-electron chi connectivity index (χ1n) is 9.34. The molecule has 28 heavy (non-hydrogen) atoms. The van der Waals surface area contributed by atoms with Crippen LogP contribution in [0.2, 0.25) is 0 Å². The van der Waals surface area contributed by atoms with Gasteiger partial charge in [-0.2, -0.15) is 0 Å². The number of nitrogens with one attached hydrogen (secondary N) is 1. The predicted octanol–water partition coefficient (Wildman–Crippen LogP) is 3.52. The number of thiazole rings is 1. The molecule has 0 saturated carbocycles. The molecule has 6 nitrogen and oxygen atoms in total. The van der Waals surface area contributed by atoms with Gasteiger partial charge in [-0.1, -0.05) is 18.2 Å². The van der Waals surface area contributed by atoms with Crippen LogP contribution in [0.15, 0.2) is 48.7 Å². The standard InChI is InChI=1S/C21H23N5OS/c1-15-19(28-21(23-15)17-8-5-6-10-22-17)20(27)24-16-7-3-4-9-18(16)26-13-11-25(2)12-14-26/h3-10H,11-14H2,1-2H3,(H,24,27). The third-order valence-corrected chi connectivity index (χ3v) is 6.06. The highest BCUT2D eigenvalue weighted by atomic mass is 32.1. The van der Waals surface area contributed by atoms with Crippen LogP contribution in [0.1, 0.15) is 15.4 Å². The second-order valence-corrected chi connectivity index (χ2v) is 7.91. The van der Waals surface area contributed by atoms with Gasteiger partial charge in [0.1, 0.15) is 9.88 Å². The predicted molar refractivity (Wildman–Crippen MR) is 114 cm³/mol. The highest BCUT2D eigenvalue weighted by molar-refractivity contribution is 7.17. The van der Waals surface area contributed by atoms with Gasteiger partial charge in [0.25, 0.3) is 5.91 Å². The summed E-state index contributed by atoms with van der Waals surface area (Å²) in [7, 11) is 2.14. The first-order chi connectivity index (χ1) is 13.6. The number of carbonyl (C=O) groups is 1. The van der Waals surface area contributed by atoms with E-state index in [0.29, 0.717) is 4.88 Å². The lowest BCUT2D eigenvalue weighted by atomic mass is 10.2. The minimum Gasteiger partial charge on any atom is -0.367 e. The third-order valence-electron chi connectivity index (χ3n) is 4.88. The van der Waals surface area contributed by atoms with E-state index in [1.807, 2.05) is 43.3 Å². The zero-order valence-electron chi connectivity index (χ0n) is 16.1. The number of rotatable bonds is 4. The van der Waals surface area contributed by atoms with Gasteiger partial charge in [0.2, 0.25) is 0 Å². The Balaban J connectivity index is 1.56. The van der Waals surface area contributed by atoms with Gasteiger partial charge in [0.15, 0.2) is 0 Å². The molecule has 1 aromatic carbocycles. The summed E-state index contributed by atoms with van der Waals surface area (Å²) in [6, 6.07) is 13.7. The monoisotopic (exact) mass is 393 g/mol. The largest absolute Gasteiger partial charge is 0.367 e. The number of para-hydroxylation sites is 2. The van der Waals surface area contributed by atoms with E-state index in [1.165, 1.54) is 11.3 Å². The number of hydrogen-bond donors (Lipinski definition) is 1. The molecule has 1 fully saturated rings. The number of anilines is 2. The molecule has 3 heterocycles. The van der Waals surface area contributed by atoms with E-state index in [-0.39, 0.29) is 5.91 Å². The van der Waals surface area contributed by atoms with Gasteiger partial charge in [0.05, 0.1) is 22.8 Å². The minimum atomic E-state index is -0.126. The average molecular weight is 394 g/mol. The fourth-order valence-electron chi connectivity index (χ4n) is 3.29. The molecule has 0 unspecified atom stereocenters. The van der Waals surface area contributed by atoms with Gasteiger partial charge < -0.3 is 15.1 Å². The van der Waals surface area contributed by atoms with Crippen LogP contribution < -0.4 is 10.2 Å². The van der Waals surface area contributed by atoms with Gasteiger partial charge in [-0.15, -0.1) is 11.3 Å². The molecule has 1 saturated heterocycles. The molecule has 1 amide bonds. The number of benzene rings is 1. The summed E-state index contributed by atoms with van der Waals surface area (Å²) in [5.41, 5.74) is 3.41. The van der Waals surface area contributed by atoms with Gasteiger partial charge in [-0.3, -0.25) is 9.78 Å². The van der Waals surface area contributed by atoms with E-state index in [4.69, 9.17) is 0 Å². The number of amides is 1. The molecule has 144 valence electrons. The average Bonchev–Trinajstić information content (AvgIpc) is 3.12. The summed E-state index contributed by atoms with van der Waals surface area (Å²) in [6.07, 6.45) is 1.73. The topological polar surface area (TPSA) is 61.4 Å². The van der Waals surface area contributed by atoms with E-state index in [0.717, 1.165) is 53.9 Å². The number of carbonyl (C=O) groups excluding carboxylic acids is 1. The number of pyridine rings is 1. The van der Waals surface area contributed by atoms with Crippen molar-refractivity contribution in [1.82, 2.24) is 14.9 Å². The fourth-order valence-corrected chi connectivity index (χ4v) is 4.23. The Bertz CT molecular complexity index is 964. The first kappa shape index (κ1) is 18.6. The van der Waals surface area contributed by atoms with Gasteiger partial charge in [-0.05, 0) is 38.2 Å². The lowest BCUT2D eigenvalue weighted by molar-refractivity contribution is 0.103. The summed E-state index contributed by atoms with van der Waals surface area (Å²) in [6.45, 7) is 5.80. The SMILES string of the molecule is Cc1nc(-c2ccccn2)sc1C(=O)Nc1ccccc1N1CCN(C)CC1. The van der Waals surface area contributed by atoms with E-state index in [9.17, 15) is 4.79 Å². The van der Waals surface area contributed by atoms with Crippen molar-refractivity contribution in [3.63, 3.8) is 0 Å². The maximum Gasteiger partial charge on any atom is 0.267 e. The summed E-state index contributed by atoms with van der Waals surface area (Å²) < 4.78 is 0. The quantitative estimate of drug-likeness (QED) is 0.735. The summed E-state index contributed by atoms with van der Waals surface area (Å²) >= 11 is 1.38. The molecule has 4 rings (SSSR count).